The zero-order valence-corrected chi connectivity index (χ0v) is 14.8. The minimum Gasteiger partial charge on any atom is -0.497 e. The number of nitrogens with one attached hydrogen (secondary N) is 1. The van der Waals surface area contributed by atoms with E-state index in [-0.39, 0.29) is 5.91 Å². The van der Waals surface area contributed by atoms with Gasteiger partial charge in [0, 0.05) is 11.6 Å². The standard InChI is InChI=1S/C20H23NO4/c1-4-24-18-10-9-14(23-3)13-16(18)21-19(22)20(2)11-12-25-17-8-6-5-7-15(17)20/h5-10,13H,4,11-12H2,1-3H3,(H,21,22). The Bertz CT molecular complexity index is 774. The van der Waals surface area contributed by atoms with Crippen molar-refractivity contribution < 1.29 is 19.0 Å². The summed E-state index contributed by atoms with van der Waals surface area (Å²) in [6.45, 7) is 4.89. The van der Waals surface area contributed by atoms with Crippen molar-refractivity contribution in [1.82, 2.24) is 0 Å². The molecule has 2 aromatic carbocycles. The Labute approximate surface area is 147 Å². The van der Waals surface area contributed by atoms with E-state index in [0.717, 1.165) is 11.3 Å². The van der Waals surface area contributed by atoms with Gasteiger partial charge in [0.25, 0.3) is 0 Å². The predicted molar refractivity (Wildman–Crippen MR) is 96.7 cm³/mol. The summed E-state index contributed by atoms with van der Waals surface area (Å²) in [6, 6.07) is 13.1. The van der Waals surface area contributed by atoms with Gasteiger partial charge in [-0.05, 0) is 38.5 Å². The van der Waals surface area contributed by atoms with Gasteiger partial charge in [0.2, 0.25) is 5.91 Å². The number of carbonyl (C=O) groups excluding carboxylic acids is 1. The topological polar surface area (TPSA) is 56.8 Å². The Morgan fingerprint density at radius 2 is 2.08 bits per heavy atom. The lowest BCUT2D eigenvalue weighted by Crippen LogP contribution is -2.41. The zero-order chi connectivity index (χ0) is 17.9. The molecule has 0 spiro atoms. The van der Waals surface area contributed by atoms with Crippen LogP contribution in [0.3, 0.4) is 0 Å². The molecule has 1 atom stereocenters. The van der Waals surface area contributed by atoms with Crippen LogP contribution in [0.1, 0.15) is 25.8 Å². The summed E-state index contributed by atoms with van der Waals surface area (Å²) in [7, 11) is 1.59. The molecule has 0 bridgehead atoms. The average molecular weight is 341 g/mol. The fourth-order valence-electron chi connectivity index (χ4n) is 3.06. The molecular weight excluding hydrogens is 318 g/mol. The molecule has 1 amide bonds. The maximum Gasteiger partial charge on any atom is 0.235 e. The molecule has 0 aromatic heterocycles. The average Bonchev–Trinajstić information content (AvgIpc) is 2.63. The molecule has 132 valence electrons. The zero-order valence-electron chi connectivity index (χ0n) is 14.8. The Hall–Kier alpha value is -2.69. The lowest BCUT2D eigenvalue weighted by molar-refractivity contribution is -0.122. The molecule has 1 heterocycles. The van der Waals surface area contributed by atoms with Crippen molar-refractivity contribution >= 4 is 11.6 Å². The van der Waals surface area contributed by atoms with Gasteiger partial charge in [-0.25, -0.2) is 0 Å². The summed E-state index contributed by atoms with van der Waals surface area (Å²) < 4.78 is 16.6. The molecule has 0 radical (unpaired) electrons. The highest BCUT2D eigenvalue weighted by Gasteiger charge is 2.40. The molecule has 25 heavy (non-hydrogen) atoms. The number of anilines is 1. The summed E-state index contributed by atoms with van der Waals surface area (Å²) in [6.07, 6.45) is 0.615. The molecule has 5 nitrogen and oxygen atoms in total. The summed E-state index contributed by atoms with van der Waals surface area (Å²) in [5, 5.41) is 3.02. The van der Waals surface area contributed by atoms with E-state index in [1.165, 1.54) is 0 Å². The van der Waals surface area contributed by atoms with Gasteiger partial charge in [-0.1, -0.05) is 18.2 Å². The molecule has 3 rings (SSSR count). The van der Waals surface area contributed by atoms with E-state index in [1.54, 1.807) is 19.2 Å². The third-order valence-electron chi connectivity index (χ3n) is 4.58. The Morgan fingerprint density at radius 3 is 2.84 bits per heavy atom. The first-order valence-electron chi connectivity index (χ1n) is 8.43. The molecule has 0 saturated heterocycles. The Balaban J connectivity index is 1.93. The van der Waals surface area contributed by atoms with Gasteiger partial charge in [-0.15, -0.1) is 0 Å². The van der Waals surface area contributed by atoms with Crippen LogP contribution in [0, 0.1) is 0 Å². The number of methoxy groups -OCH3 is 1. The number of para-hydroxylation sites is 1. The van der Waals surface area contributed by atoms with Gasteiger partial charge < -0.3 is 19.5 Å². The monoisotopic (exact) mass is 341 g/mol. The minimum absolute atomic E-state index is 0.0857. The van der Waals surface area contributed by atoms with Gasteiger partial charge in [0.15, 0.2) is 0 Å². The second-order valence-electron chi connectivity index (χ2n) is 6.18. The maximum absolute atomic E-state index is 13.1. The normalized spacial score (nSPS) is 18.7. The number of hydrogen-bond acceptors (Lipinski definition) is 4. The lowest BCUT2D eigenvalue weighted by Gasteiger charge is -2.34. The highest BCUT2D eigenvalue weighted by molar-refractivity contribution is 6.00. The second kappa shape index (κ2) is 7.05. The summed E-state index contributed by atoms with van der Waals surface area (Å²) in [4.78, 5) is 13.1. The van der Waals surface area contributed by atoms with E-state index >= 15 is 0 Å². The highest BCUT2D eigenvalue weighted by Crippen LogP contribution is 2.40. The highest BCUT2D eigenvalue weighted by atomic mass is 16.5. The van der Waals surface area contributed by atoms with Crippen LogP contribution < -0.4 is 19.5 Å². The van der Waals surface area contributed by atoms with Crippen LogP contribution >= 0.6 is 0 Å². The minimum atomic E-state index is -0.665. The molecule has 1 N–H and O–H groups in total. The van der Waals surface area contributed by atoms with Crippen LogP contribution in [0.5, 0.6) is 17.2 Å². The van der Waals surface area contributed by atoms with Crippen molar-refractivity contribution in [3.63, 3.8) is 0 Å². The molecule has 0 aliphatic carbocycles. The van der Waals surface area contributed by atoms with E-state index in [9.17, 15) is 4.79 Å². The smallest absolute Gasteiger partial charge is 0.235 e. The predicted octanol–water partition coefficient (Wildman–Crippen LogP) is 3.77. The van der Waals surface area contributed by atoms with Crippen molar-refractivity contribution in [1.29, 1.82) is 0 Å². The van der Waals surface area contributed by atoms with Crippen LogP contribution in [-0.2, 0) is 10.2 Å². The first-order valence-corrected chi connectivity index (χ1v) is 8.43. The fourth-order valence-corrected chi connectivity index (χ4v) is 3.06. The van der Waals surface area contributed by atoms with Crippen LogP contribution in [0.25, 0.3) is 0 Å². The second-order valence-corrected chi connectivity index (χ2v) is 6.18. The number of carbonyl (C=O) groups is 1. The number of amides is 1. The fraction of sp³-hybridized carbons (Fsp3) is 0.350. The summed E-state index contributed by atoms with van der Waals surface area (Å²) >= 11 is 0. The molecule has 5 heteroatoms. The van der Waals surface area contributed by atoms with Crippen molar-refractivity contribution in [3.05, 3.63) is 48.0 Å². The molecular formula is C20H23NO4. The first kappa shape index (κ1) is 17.1. The van der Waals surface area contributed by atoms with Crippen LogP contribution in [0.15, 0.2) is 42.5 Å². The SMILES string of the molecule is CCOc1ccc(OC)cc1NC(=O)C1(C)CCOc2ccccc21. The first-order chi connectivity index (χ1) is 12.1. The van der Waals surface area contributed by atoms with E-state index in [4.69, 9.17) is 14.2 Å². The summed E-state index contributed by atoms with van der Waals surface area (Å²) in [5.74, 6) is 1.97. The van der Waals surface area contributed by atoms with Gasteiger partial charge in [-0.3, -0.25) is 4.79 Å². The van der Waals surface area contributed by atoms with E-state index in [1.807, 2.05) is 44.2 Å². The van der Waals surface area contributed by atoms with Crippen LogP contribution in [0.4, 0.5) is 5.69 Å². The van der Waals surface area contributed by atoms with Gasteiger partial charge in [-0.2, -0.15) is 0 Å². The quantitative estimate of drug-likeness (QED) is 0.899. The third-order valence-corrected chi connectivity index (χ3v) is 4.58. The largest absolute Gasteiger partial charge is 0.497 e. The van der Waals surface area contributed by atoms with Crippen LogP contribution in [0.2, 0.25) is 0 Å². The van der Waals surface area contributed by atoms with E-state index in [0.29, 0.717) is 36.8 Å². The van der Waals surface area contributed by atoms with E-state index in [2.05, 4.69) is 5.32 Å². The number of fused-ring (bicyclic) bond motifs is 1. The number of benzene rings is 2. The lowest BCUT2D eigenvalue weighted by atomic mass is 9.77. The van der Waals surface area contributed by atoms with E-state index < -0.39 is 5.41 Å². The van der Waals surface area contributed by atoms with Crippen molar-refractivity contribution in [2.24, 2.45) is 0 Å². The molecule has 1 unspecified atom stereocenters. The number of ether oxygens (including phenoxy) is 3. The summed E-state index contributed by atoms with van der Waals surface area (Å²) in [5.41, 5.74) is 0.845. The van der Waals surface area contributed by atoms with Crippen LogP contribution in [-0.4, -0.2) is 26.2 Å². The molecule has 1 aliphatic heterocycles. The van der Waals surface area contributed by atoms with Gasteiger partial charge >= 0.3 is 0 Å². The van der Waals surface area contributed by atoms with Gasteiger partial charge in [0.05, 0.1) is 31.4 Å². The van der Waals surface area contributed by atoms with Crippen molar-refractivity contribution in [2.45, 2.75) is 25.7 Å². The molecule has 0 saturated carbocycles. The maximum atomic E-state index is 13.1. The number of hydrogen-bond donors (Lipinski definition) is 1. The molecule has 1 aliphatic rings. The third kappa shape index (κ3) is 3.27. The number of rotatable bonds is 5. The molecule has 2 aromatic rings. The van der Waals surface area contributed by atoms with Gasteiger partial charge in [0.1, 0.15) is 17.2 Å². The molecule has 0 fully saturated rings. The Morgan fingerprint density at radius 1 is 1.28 bits per heavy atom. The van der Waals surface area contributed by atoms with Crippen molar-refractivity contribution in [2.75, 3.05) is 25.6 Å². The van der Waals surface area contributed by atoms with Crippen molar-refractivity contribution in [3.8, 4) is 17.2 Å². The Kier molecular flexibility index (Phi) is 4.83.